The van der Waals surface area contributed by atoms with Crippen LogP contribution in [0.15, 0.2) is 65.7 Å². The largest absolute Gasteiger partial charge is 0.459 e. The van der Waals surface area contributed by atoms with Crippen molar-refractivity contribution in [3.63, 3.8) is 0 Å². The van der Waals surface area contributed by atoms with Crippen molar-refractivity contribution in [2.75, 3.05) is 11.9 Å². The second-order valence-corrected chi connectivity index (χ2v) is 7.39. The highest BCUT2D eigenvalue weighted by Crippen LogP contribution is 2.53. The minimum absolute atomic E-state index is 0.217. The molecule has 0 radical (unpaired) electrons. The van der Waals surface area contributed by atoms with Crippen LogP contribution < -0.4 is 9.64 Å². The van der Waals surface area contributed by atoms with Gasteiger partial charge in [0.25, 0.3) is 0 Å². The van der Waals surface area contributed by atoms with Gasteiger partial charge in [-0.3, -0.25) is 4.99 Å². The number of rotatable bonds is 0. The van der Waals surface area contributed by atoms with Crippen molar-refractivity contribution in [2.45, 2.75) is 25.0 Å². The molecule has 124 valence electrons. The Kier molecular flexibility index (Phi) is 2.69. The van der Waals surface area contributed by atoms with Gasteiger partial charge in [-0.2, -0.15) is 0 Å². The average molecular weight is 328 g/mol. The fourth-order valence-electron chi connectivity index (χ4n) is 4.33. The van der Waals surface area contributed by atoms with Crippen molar-refractivity contribution in [2.24, 2.45) is 4.99 Å². The molecule has 0 aromatic heterocycles. The summed E-state index contributed by atoms with van der Waals surface area (Å²) in [4.78, 5) is 7.11. The number of likely N-dealkylation sites (N-methyl/N-ethyl adjacent to an activating group) is 1. The van der Waals surface area contributed by atoms with Crippen LogP contribution in [0.25, 0.3) is 10.8 Å². The van der Waals surface area contributed by atoms with E-state index < -0.39 is 5.72 Å². The zero-order valence-corrected chi connectivity index (χ0v) is 14.7. The molecule has 3 heteroatoms. The molecule has 0 saturated carbocycles. The van der Waals surface area contributed by atoms with E-state index in [1.54, 1.807) is 0 Å². The summed E-state index contributed by atoms with van der Waals surface area (Å²) in [6, 6.07) is 21.0. The third-order valence-electron chi connectivity index (χ3n) is 5.83. The van der Waals surface area contributed by atoms with Crippen molar-refractivity contribution in [3.8, 4) is 5.75 Å². The van der Waals surface area contributed by atoms with Gasteiger partial charge >= 0.3 is 0 Å². The lowest BCUT2D eigenvalue weighted by molar-refractivity contribution is 0.0826. The number of fused-ring (bicyclic) bond motifs is 4. The number of hydrogen-bond acceptors (Lipinski definition) is 3. The summed E-state index contributed by atoms with van der Waals surface area (Å²) in [6.45, 7) is 4.46. The van der Waals surface area contributed by atoms with Gasteiger partial charge in [-0.1, -0.05) is 48.5 Å². The maximum Gasteiger partial charge on any atom is 0.228 e. The number of para-hydroxylation sites is 1. The Hall–Kier alpha value is -2.81. The van der Waals surface area contributed by atoms with Crippen molar-refractivity contribution in [1.82, 2.24) is 0 Å². The number of ether oxygens (including phenoxy) is 1. The first-order chi connectivity index (χ1) is 12.0. The smallest absolute Gasteiger partial charge is 0.228 e. The van der Waals surface area contributed by atoms with E-state index in [1.807, 2.05) is 24.4 Å². The highest BCUT2D eigenvalue weighted by molar-refractivity contribution is 5.99. The van der Waals surface area contributed by atoms with Gasteiger partial charge in [0.2, 0.25) is 5.72 Å². The third-order valence-corrected chi connectivity index (χ3v) is 5.83. The van der Waals surface area contributed by atoms with Crippen LogP contribution >= 0.6 is 0 Å². The summed E-state index contributed by atoms with van der Waals surface area (Å²) in [7, 11) is 2.09. The third kappa shape index (κ3) is 1.68. The molecule has 0 fully saturated rings. The highest BCUT2D eigenvalue weighted by atomic mass is 16.5. The second-order valence-electron chi connectivity index (χ2n) is 7.39. The molecule has 5 rings (SSSR count). The van der Waals surface area contributed by atoms with Gasteiger partial charge < -0.3 is 9.64 Å². The van der Waals surface area contributed by atoms with E-state index in [1.165, 1.54) is 16.6 Å². The van der Waals surface area contributed by atoms with E-state index in [4.69, 9.17) is 9.73 Å². The number of benzene rings is 3. The maximum absolute atomic E-state index is 6.68. The van der Waals surface area contributed by atoms with Gasteiger partial charge in [0.1, 0.15) is 11.4 Å². The fourth-order valence-corrected chi connectivity index (χ4v) is 4.33. The van der Waals surface area contributed by atoms with Crippen LogP contribution in [0.4, 0.5) is 11.4 Å². The van der Waals surface area contributed by atoms with Crippen molar-refractivity contribution in [3.05, 3.63) is 66.2 Å². The molecular formula is C22H20N2O. The zero-order valence-electron chi connectivity index (χ0n) is 14.7. The summed E-state index contributed by atoms with van der Waals surface area (Å²) in [5.41, 5.74) is 2.57. The Morgan fingerprint density at radius 2 is 1.68 bits per heavy atom. The van der Waals surface area contributed by atoms with E-state index in [-0.39, 0.29) is 5.41 Å². The minimum Gasteiger partial charge on any atom is -0.459 e. The number of aliphatic imine (C=N–C) groups is 1. The molecule has 3 aromatic rings. The molecule has 1 spiro atoms. The van der Waals surface area contributed by atoms with Crippen LogP contribution in [0, 0.1) is 0 Å². The quantitative estimate of drug-likeness (QED) is 0.576. The van der Waals surface area contributed by atoms with E-state index in [0.29, 0.717) is 0 Å². The molecule has 1 atom stereocenters. The van der Waals surface area contributed by atoms with Gasteiger partial charge in [-0.05, 0) is 36.9 Å². The molecule has 2 heterocycles. The van der Waals surface area contributed by atoms with Crippen LogP contribution in [0.1, 0.15) is 19.4 Å². The normalized spacial score (nSPS) is 22.8. The minimum atomic E-state index is -0.619. The van der Waals surface area contributed by atoms with Gasteiger partial charge in [-0.25, -0.2) is 0 Å². The molecule has 3 nitrogen and oxygen atoms in total. The number of nitrogens with zero attached hydrogens (tertiary/aromatic N) is 2. The zero-order chi connectivity index (χ0) is 17.2. The standard InChI is InChI=1S/C22H20N2O/c1-21(2)17-10-6-7-11-18(17)24(3)22(21)14-23-20-16-9-5-4-8-15(16)12-13-19(20)25-22/h4-14H,1-3H3/t22-/m1/s1. The summed E-state index contributed by atoms with van der Waals surface area (Å²) in [5, 5.41) is 2.31. The molecular weight excluding hydrogens is 308 g/mol. The van der Waals surface area contributed by atoms with Gasteiger partial charge in [0.15, 0.2) is 0 Å². The molecule has 2 aliphatic heterocycles. The molecule has 25 heavy (non-hydrogen) atoms. The van der Waals surface area contributed by atoms with Crippen molar-refractivity contribution < 1.29 is 4.74 Å². The van der Waals surface area contributed by atoms with Gasteiger partial charge in [-0.15, -0.1) is 0 Å². The fraction of sp³-hybridized carbons (Fsp3) is 0.227. The molecule has 2 aliphatic rings. The first-order valence-corrected chi connectivity index (χ1v) is 8.64. The number of anilines is 1. The van der Waals surface area contributed by atoms with Gasteiger partial charge in [0, 0.05) is 18.1 Å². The Morgan fingerprint density at radius 1 is 0.920 bits per heavy atom. The second kappa shape index (κ2) is 4.63. The predicted molar refractivity (Wildman–Crippen MR) is 103 cm³/mol. The van der Waals surface area contributed by atoms with Crippen LogP contribution in [0.5, 0.6) is 5.75 Å². The molecule has 0 aliphatic carbocycles. The summed E-state index contributed by atoms with van der Waals surface area (Å²) in [5.74, 6) is 0.842. The summed E-state index contributed by atoms with van der Waals surface area (Å²) in [6.07, 6.45) is 1.99. The molecule has 3 aromatic carbocycles. The molecule has 0 amide bonds. The summed E-state index contributed by atoms with van der Waals surface area (Å²) >= 11 is 0. The lowest BCUT2D eigenvalue weighted by Gasteiger charge is -2.45. The molecule has 0 bridgehead atoms. The van der Waals surface area contributed by atoms with E-state index >= 15 is 0 Å². The van der Waals surface area contributed by atoms with Crippen molar-refractivity contribution in [1.29, 1.82) is 0 Å². The Balaban J connectivity index is 1.72. The van der Waals surface area contributed by atoms with Crippen LogP contribution in [0.3, 0.4) is 0 Å². The molecule has 0 saturated heterocycles. The van der Waals surface area contributed by atoms with Gasteiger partial charge in [0.05, 0.1) is 11.6 Å². The van der Waals surface area contributed by atoms with Crippen LogP contribution in [0.2, 0.25) is 0 Å². The Morgan fingerprint density at radius 3 is 2.52 bits per heavy atom. The van der Waals surface area contributed by atoms with E-state index in [0.717, 1.165) is 16.8 Å². The Bertz CT molecular complexity index is 1040. The van der Waals surface area contributed by atoms with Crippen LogP contribution in [-0.4, -0.2) is 19.0 Å². The number of hydrogen-bond donors (Lipinski definition) is 0. The van der Waals surface area contributed by atoms with E-state index in [9.17, 15) is 0 Å². The van der Waals surface area contributed by atoms with E-state index in [2.05, 4.69) is 68.3 Å². The lowest BCUT2D eigenvalue weighted by Crippen LogP contribution is -2.61. The predicted octanol–water partition coefficient (Wildman–Crippen LogP) is 5.06. The summed E-state index contributed by atoms with van der Waals surface area (Å²) < 4.78 is 6.68. The first kappa shape index (κ1) is 14.5. The average Bonchev–Trinajstić information content (AvgIpc) is 2.81. The Labute approximate surface area is 147 Å². The topological polar surface area (TPSA) is 24.8 Å². The maximum atomic E-state index is 6.68. The molecule has 0 unspecified atom stereocenters. The molecule has 0 N–H and O–H groups in total. The highest BCUT2D eigenvalue weighted by Gasteiger charge is 2.58. The van der Waals surface area contributed by atoms with Crippen LogP contribution in [-0.2, 0) is 5.41 Å². The first-order valence-electron chi connectivity index (χ1n) is 8.64. The SMILES string of the molecule is CN1c2ccccc2C(C)(C)[C@]12C=Nc1c(ccc3ccccc13)O2. The van der Waals surface area contributed by atoms with Crippen molar-refractivity contribution >= 4 is 28.4 Å². The monoisotopic (exact) mass is 328 g/mol. The lowest BCUT2D eigenvalue weighted by atomic mass is 9.77.